The minimum absolute atomic E-state index is 0.00840. The lowest BCUT2D eigenvalue weighted by Gasteiger charge is -2.14. The third kappa shape index (κ3) is 3.11. The highest BCUT2D eigenvalue weighted by molar-refractivity contribution is 7.98. The molecule has 142 valence electrons. The zero-order valence-corrected chi connectivity index (χ0v) is 15.7. The van der Waals surface area contributed by atoms with Crippen molar-refractivity contribution in [1.29, 1.82) is 0 Å². The number of anilines is 1. The van der Waals surface area contributed by atoms with Gasteiger partial charge in [0.25, 0.3) is 0 Å². The molecule has 1 heterocycles. The van der Waals surface area contributed by atoms with Gasteiger partial charge in [0, 0.05) is 5.92 Å². The number of hydrogen-bond acceptors (Lipinski definition) is 5. The molecule has 0 spiro atoms. The van der Waals surface area contributed by atoms with Crippen LogP contribution in [-0.2, 0) is 4.74 Å². The predicted molar refractivity (Wildman–Crippen MR) is 106 cm³/mol. The number of fused-ring (bicyclic) bond motifs is 3. The number of aromatic nitrogens is 2. The molecule has 28 heavy (non-hydrogen) atoms. The first-order valence-corrected chi connectivity index (χ1v) is 9.80. The molecule has 4 rings (SSSR count). The molecule has 8 heteroatoms. The molecule has 3 N–H and O–H groups in total. The lowest BCUT2D eigenvalue weighted by molar-refractivity contribution is 0.0694. The van der Waals surface area contributed by atoms with Crippen molar-refractivity contribution in [3.8, 4) is 11.1 Å². The minimum Gasteiger partial charge on any atom is -0.477 e. The fourth-order valence-corrected chi connectivity index (χ4v) is 4.03. The van der Waals surface area contributed by atoms with E-state index < -0.39 is 12.1 Å². The molecule has 0 aliphatic heterocycles. The van der Waals surface area contributed by atoms with Gasteiger partial charge in [0.2, 0.25) is 0 Å². The number of ether oxygens (including phenoxy) is 1. The van der Waals surface area contributed by atoms with Crippen LogP contribution in [0.25, 0.3) is 11.1 Å². The fourth-order valence-electron chi connectivity index (χ4n) is 3.50. The van der Waals surface area contributed by atoms with Crippen molar-refractivity contribution in [2.45, 2.75) is 10.9 Å². The van der Waals surface area contributed by atoms with E-state index in [1.165, 1.54) is 11.8 Å². The van der Waals surface area contributed by atoms with Gasteiger partial charge in [-0.2, -0.15) is 5.10 Å². The Morgan fingerprint density at radius 2 is 1.75 bits per heavy atom. The molecule has 0 saturated carbocycles. The molecule has 1 aliphatic carbocycles. The highest BCUT2D eigenvalue weighted by Gasteiger charge is 2.29. The quantitative estimate of drug-likeness (QED) is 0.560. The Hall–Kier alpha value is -3.26. The summed E-state index contributed by atoms with van der Waals surface area (Å²) in [5.41, 5.74) is 4.40. The van der Waals surface area contributed by atoms with E-state index >= 15 is 0 Å². The van der Waals surface area contributed by atoms with Crippen LogP contribution in [0, 0.1) is 0 Å². The standard InChI is InChI=1S/C20H17N3O4S/c1-28-18-16(19(24)25)17(22-23-18)21-20(26)27-10-15-13-8-4-2-6-11(13)12-7-3-5-9-14(12)15/h2-9,15H,10H2,1H3,(H,24,25)(H2,21,22,23,26). The molecule has 0 fully saturated rings. The lowest BCUT2D eigenvalue weighted by atomic mass is 9.98. The van der Waals surface area contributed by atoms with E-state index in [9.17, 15) is 14.7 Å². The fraction of sp³-hybridized carbons (Fsp3) is 0.150. The third-order valence-electron chi connectivity index (χ3n) is 4.71. The number of thioether (sulfide) groups is 1. The van der Waals surface area contributed by atoms with E-state index in [1.54, 1.807) is 6.26 Å². The maximum Gasteiger partial charge on any atom is 0.412 e. The van der Waals surface area contributed by atoms with Gasteiger partial charge in [-0.3, -0.25) is 10.4 Å². The molecule has 2 aromatic carbocycles. The molecule has 7 nitrogen and oxygen atoms in total. The molecule has 1 amide bonds. The van der Waals surface area contributed by atoms with Crippen molar-refractivity contribution in [2.24, 2.45) is 0 Å². The molecular formula is C20H17N3O4S. The SMILES string of the molecule is CSc1n[nH]c(NC(=O)OCC2c3ccccc3-c3ccccc32)c1C(=O)O. The summed E-state index contributed by atoms with van der Waals surface area (Å²) in [5.74, 6) is -1.23. The second-order valence-corrected chi connectivity index (χ2v) is 7.03. The van der Waals surface area contributed by atoms with Crippen LogP contribution in [-0.4, -0.2) is 40.2 Å². The number of nitrogens with zero attached hydrogens (tertiary/aromatic N) is 1. The van der Waals surface area contributed by atoms with Crippen LogP contribution in [0.15, 0.2) is 53.6 Å². The zero-order valence-electron chi connectivity index (χ0n) is 14.9. The first-order valence-electron chi connectivity index (χ1n) is 8.57. The average Bonchev–Trinajstić information content (AvgIpc) is 3.25. The number of amides is 1. The Bertz CT molecular complexity index is 1020. The smallest absolute Gasteiger partial charge is 0.412 e. The van der Waals surface area contributed by atoms with Gasteiger partial charge in [0.05, 0.1) is 0 Å². The lowest BCUT2D eigenvalue weighted by Crippen LogP contribution is -2.19. The van der Waals surface area contributed by atoms with Crippen LogP contribution >= 0.6 is 11.8 Å². The predicted octanol–water partition coefficient (Wildman–Crippen LogP) is 4.19. The van der Waals surface area contributed by atoms with E-state index in [0.29, 0.717) is 5.03 Å². The summed E-state index contributed by atoms with van der Waals surface area (Å²) in [5, 5.41) is 18.5. The first-order chi connectivity index (χ1) is 13.6. The first kappa shape index (κ1) is 18.1. The van der Waals surface area contributed by atoms with E-state index in [4.69, 9.17) is 4.74 Å². The zero-order chi connectivity index (χ0) is 19.7. The van der Waals surface area contributed by atoms with Crippen LogP contribution in [0.5, 0.6) is 0 Å². The molecule has 1 aliphatic rings. The maximum atomic E-state index is 12.3. The summed E-state index contributed by atoms with van der Waals surface area (Å²) in [7, 11) is 0. The summed E-state index contributed by atoms with van der Waals surface area (Å²) in [6, 6.07) is 16.1. The number of carboxylic acids is 1. The van der Waals surface area contributed by atoms with Gasteiger partial charge in [-0.15, -0.1) is 11.8 Å². The van der Waals surface area contributed by atoms with Crippen LogP contribution in [0.1, 0.15) is 27.4 Å². The van der Waals surface area contributed by atoms with Crippen molar-refractivity contribution >= 4 is 29.6 Å². The van der Waals surface area contributed by atoms with Gasteiger partial charge in [-0.1, -0.05) is 48.5 Å². The van der Waals surface area contributed by atoms with Crippen LogP contribution in [0.4, 0.5) is 10.6 Å². The maximum absolute atomic E-state index is 12.3. The number of carbonyl (C=O) groups is 2. The largest absolute Gasteiger partial charge is 0.477 e. The number of carbonyl (C=O) groups excluding carboxylic acids is 1. The number of nitrogens with one attached hydrogen (secondary N) is 2. The summed E-state index contributed by atoms with van der Waals surface area (Å²) < 4.78 is 5.42. The van der Waals surface area contributed by atoms with Crippen molar-refractivity contribution in [3.63, 3.8) is 0 Å². The van der Waals surface area contributed by atoms with Crippen LogP contribution in [0.3, 0.4) is 0 Å². The normalized spacial score (nSPS) is 12.3. The number of H-pyrrole nitrogens is 1. The van der Waals surface area contributed by atoms with Gasteiger partial charge in [0.1, 0.15) is 23.0 Å². The van der Waals surface area contributed by atoms with Crippen molar-refractivity contribution in [1.82, 2.24) is 10.2 Å². The second kappa shape index (κ2) is 7.40. The number of hydrogen-bond donors (Lipinski definition) is 3. The molecule has 0 saturated heterocycles. The van der Waals surface area contributed by atoms with Gasteiger partial charge in [0.15, 0.2) is 0 Å². The molecule has 0 unspecified atom stereocenters. The third-order valence-corrected chi connectivity index (χ3v) is 5.39. The minimum atomic E-state index is -1.17. The number of rotatable bonds is 5. The van der Waals surface area contributed by atoms with Gasteiger partial charge in [-0.05, 0) is 28.5 Å². The average molecular weight is 395 g/mol. The van der Waals surface area contributed by atoms with Crippen molar-refractivity contribution in [2.75, 3.05) is 18.2 Å². The number of aromatic amines is 1. The van der Waals surface area contributed by atoms with Crippen LogP contribution < -0.4 is 5.32 Å². The van der Waals surface area contributed by atoms with Gasteiger partial charge < -0.3 is 9.84 Å². The molecular weight excluding hydrogens is 378 g/mol. The summed E-state index contributed by atoms with van der Waals surface area (Å²) >= 11 is 1.17. The van der Waals surface area contributed by atoms with Crippen LogP contribution in [0.2, 0.25) is 0 Å². The van der Waals surface area contributed by atoms with E-state index in [-0.39, 0.29) is 23.9 Å². The second-order valence-electron chi connectivity index (χ2n) is 6.24. The summed E-state index contributed by atoms with van der Waals surface area (Å²) in [4.78, 5) is 23.7. The molecule has 3 aromatic rings. The van der Waals surface area contributed by atoms with E-state index in [2.05, 4.69) is 27.6 Å². The molecule has 0 bridgehead atoms. The number of aromatic carboxylic acids is 1. The molecule has 1 aromatic heterocycles. The Balaban J connectivity index is 1.51. The summed E-state index contributed by atoms with van der Waals surface area (Å²) in [6.45, 7) is 0.145. The highest BCUT2D eigenvalue weighted by Crippen LogP contribution is 2.44. The molecule has 0 atom stereocenters. The van der Waals surface area contributed by atoms with Gasteiger partial charge in [-0.25, -0.2) is 9.59 Å². The monoisotopic (exact) mass is 395 g/mol. The van der Waals surface area contributed by atoms with Crippen molar-refractivity contribution < 1.29 is 19.4 Å². The summed E-state index contributed by atoms with van der Waals surface area (Å²) in [6.07, 6.45) is 0.973. The Labute approximate surface area is 165 Å². The number of carboxylic acid groups (broad SMARTS) is 1. The Kier molecular flexibility index (Phi) is 4.79. The van der Waals surface area contributed by atoms with E-state index in [0.717, 1.165) is 22.3 Å². The highest BCUT2D eigenvalue weighted by atomic mass is 32.2. The van der Waals surface area contributed by atoms with E-state index in [1.807, 2.05) is 36.4 Å². The van der Waals surface area contributed by atoms with Gasteiger partial charge >= 0.3 is 12.1 Å². The van der Waals surface area contributed by atoms with Crippen molar-refractivity contribution in [3.05, 3.63) is 65.2 Å². The Morgan fingerprint density at radius 3 is 2.32 bits per heavy atom. The molecule has 0 radical (unpaired) electrons. The Morgan fingerprint density at radius 1 is 1.14 bits per heavy atom. The topological polar surface area (TPSA) is 104 Å². The number of benzene rings is 2.